The number of benzene rings is 2. The zero-order valence-electron chi connectivity index (χ0n) is 14.6. The van der Waals surface area contributed by atoms with Crippen molar-refractivity contribution in [1.82, 2.24) is 0 Å². The van der Waals surface area contributed by atoms with Crippen LogP contribution in [0.4, 0.5) is 0 Å². The number of hydrogen-bond acceptors (Lipinski definition) is 1. The molecular weight excluding hydrogens is 296 g/mol. The summed E-state index contributed by atoms with van der Waals surface area (Å²) in [6, 6.07) is 20.8. The highest BCUT2D eigenvalue weighted by Crippen LogP contribution is 2.36. The van der Waals surface area contributed by atoms with Crippen LogP contribution in [0, 0.1) is 11.8 Å². The van der Waals surface area contributed by atoms with Crippen molar-refractivity contribution in [3.8, 4) is 11.8 Å². The molecule has 2 aromatic rings. The van der Waals surface area contributed by atoms with Gasteiger partial charge >= 0.3 is 0 Å². The summed E-state index contributed by atoms with van der Waals surface area (Å²) in [5.41, 5.74) is 1.54. The summed E-state index contributed by atoms with van der Waals surface area (Å²) >= 11 is 0. The summed E-state index contributed by atoms with van der Waals surface area (Å²) in [7, 11) is -1.82. The van der Waals surface area contributed by atoms with Crippen molar-refractivity contribution in [2.45, 2.75) is 45.0 Å². The molecule has 2 rings (SSSR count). The highest BCUT2D eigenvalue weighted by atomic mass is 28.4. The van der Waals surface area contributed by atoms with E-state index in [2.05, 4.69) is 86.9 Å². The molecule has 0 bridgehead atoms. The Labute approximate surface area is 141 Å². The minimum Gasteiger partial charge on any atom is -0.395 e. The molecule has 0 atom stereocenters. The van der Waals surface area contributed by atoms with Crippen LogP contribution in [0.25, 0.3) is 0 Å². The van der Waals surface area contributed by atoms with Crippen molar-refractivity contribution in [1.29, 1.82) is 0 Å². The van der Waals surface area contributed by atoms with E-state index in [-0.39, 0.29) is 0 Å². The predicted molar refractivity (Wildman–Crippen MR) is 101 cm³/mol. The molecule has 0 N–H and O–H groups in total. The van der Waals surface area contributed by atoms with Gasteiger partial charge in [-0.15, -0.1) is 0 Å². The molecule has 0 saturated heterocycles. The molecule has 0 spiro atoms. The summed E-state index contributed by atoms with van der Waals surface area (Å²) in [6.07, 6.45) is 1.94. The van der Waals surface area contributed by atoms with E-state index in [0.29, 0.717) is 0 Å². The standard InChI is InChI=1S/C21H26OSi/c1-5-6-13-18-21(22-23(2,3)4,19-14-9-7-10-15-19)20-16-11-8-12-17-20/h7-12,14-17H,5-6H2,1-4H3. The van der Waals surface area contributed by atoms with Gasteiger partial charge in [-0.25, -0.2) is 0 Å². The zero-order chi connectivity index (χ0) is 16.8. The third-order valence-corrected chi connectivity index (χ3v) is 4.38. The first-order valence-electron chi connectivity index (χ1n) is 8.29. The lowest BCUT2D eigenvalue weighted by Crippen LogP contribution is -2.40. The first-order chi connectivity index (χ1) is 11.0. The van der Waals surface area contributed by atoms with Crippen LogP contribution in [0.3, 0.4) is 0 Å². The van der Waals surface area contributed by atoms with Gasteiger partial charge in [-0.2, -0.15) is 0 Å². The maximum Gasteiger partial charge on any atom is 0.186 e. The maximum atomic E-state index is 6.71. The second kappa shape index (κ2) is 7.63. The van der Waals surface area contributed by atoms with Crippen molar-refractivity contribution in [3.63, 3.8) is 0 Å². The van der Waals surface area contributed by atoms with Crippen molar-refractivity contribution < 1.29 is 4.43 Å². The van der Waals surface area contributed by atoms with Crippen LogP contribution in [0.15, 0.2) is 60.7 Å². The molecular formula is C21H26OSi. The van der Waals surface area contributed by atoms with Crippen LogP contribution < -0.4 is 0 Å². The van der Waals surface area contributed by atoms with Gasteiger partial charge < -0.3 is 4.43 Å². The third kappa shape index (κ3) is 4.57. The number of rotatable bonds is 5. The molecule has 2 heteroatoms. The first kappa shape index (κ1) is 17.5. The highest BCUT2D eigenvalue weighted by Gasteiger charge is 2.38. The Morgan fingerprint density at radius 2 is 1.35 bits per heavy atom. The normalized spacial score (nSPS) is 11.7. The molecule has 0 aromatic heterocycles. The summed E-state index contributed by atoms with van der Waals surface area (Å²) in [5.74, 6) is 6.83. The van der Waals surface area contributed by atoms with Crippen LogP contribution in [0.1, 0.15) is 30.9 Å². The van der Waals surface area contributed by atoms with E-state index in [1.165, 1.54) is 0 Å². The summed E-state index contributed by atoms with van der Waals surface area (Å²) in [4.78, 5) is 0. The van der Waals surface area contributed by atoms with Gasteiger partial charge in [0.25, 0.3) is 0 Å². The van der Waals surface area contributed by atoms with Gasteiger partial charge in [0.2, 0.25) is 0 Å². The third-order valence-electron chi connectivity index (χ3n) is 3.46. The SMILES string of the molecule is CCCC#CC(O[Si](C)(C)C)(c1ccccc1)c1ccccc1. The monoisotopic (exact) mass is 322 g/mol. The molecule has 0 radical (unpaired) electrons. The van der Waals surface area contributed by atoms with E-state index < -0.39 is 13.9 Å². The second-order valence-electron chi connectivity index (χ2n) is 6.68. The lowest BCUT2D eigenvalue weighted by Gasteiger charge is -2.36. The van der Waals surface area contributed by atoms with Crippen LogP contribution in [0.2, 0.25) is 19.6 Å². The maximum absolute atomic E-state index is 6.71. The minimum absolute atomic E-state index is 0.678. The molecule has 23 heavy (non-hydrogen) atoms. The van der Waals surface area contributed by atoms with Crippen LogP contribution in [-0.2, 0) is 10.0 Å². The van der Waals surface area contributed by atoms with Crippen LogP contribution in [0.5, 0.6) is 0 Å². The quantitative estimate of drug-likeness (QED) is 0.515. The van der Waals surface area contributed by atoms with Gasteiger partial charge in [-0.1, -0.05) is 79.4 Å². The average molecular weight is 323 g/mol. The van der Waals surface area contributed by atoms with Gasteiger partial charge in [0.05, 0.1) is 0 Å². The number of hydrogen-bond donors (Lipinski definition) is 0. The lowest BCUT2D eigenvalue weighted by atomic mass is 9.87. The topological polar surface area (TPSA) is 9.23 Å². The fraction of sp³-hybridized carbons (Fsp3) is 0.333. The summed E-state index contributed by atoms with van der Waals surface area (Å²) < 4.78 is 6.71. The molecule has 0 heterocycles. The molecule has 1 nitrogen and oxygen atoms in total. The zero-order valence-corrected chi connectivity index (χ0v) is 15.6. The first-order valence-corrected chi connectivity index (χ1v) is 11.7. The molecule has 0 saturated carbocycles. The van der Waals surface area contributed by atoms with E-state index in [0.717, 1.165) is 24.0 Å². The Morgan fingerprint density at radius 1 is 0.870 bits per heavy atom. The van der Waals surface area contributed by atoms with Gasteiger partial charge in [-0.3, -0.25) is 0 Å². The van der Waals surface area contributed by atoms with Gasteiger partial charge in [0, 0.05) is 6.42 Å². The average Bonchev–Trinajstić information content (AvgIpc) is 2.54. The van der Waals surface area contributed by atoms with E-state index in [4.69, 9.17) is 4.43 Å². The Balaban J connectivity index is 2.66. The van der Waals surface area contributed by atoms with E-state index >= 15 is 0 Å². The Hall–Kier alpha value is -1.82. The molecule has 0 aliphatic carbocycles. The molecule has 0 unspecified atom stereocenters. The summed E-state index contributed by atoms with van der Waals surface area (Å²) in [6.45, 7) is 8.81. The van der Waals surface area contributed by atoms with Crippen molar-refractivity contribution >= 4 is 8.32 Å². The van der Waals surface area contributed by atoms with Crippen molar-refractivity contribution in [2.75, 3.05) is 0 Å². The van der Waals surface area contributed by atoms with Crippen molar-refractivity contribution in [2.24, 2.45) is 0 Å². The van der Waals surface area contributed by atoms with Gasteiger partial charge in [0.15, 0.2) is 13.9 Å². The number of unbranched alkanes of at least 4 members (excludes halogenated alkanes) is 1. The largest absolute Gasteiger partial charge is 0.395 e. The lowest BCUT2D eigenvalue weighted by molar-refractivity contribution is 0.166. The minimum atomic E-state index is -1.82. The van der Waals surface area contributed by atoms with Crippen LogP contribution in [-0.4, -0.2) is 8.32 Å². The smallest absolute Gasteiger partial charge is 0.186 e. The van der Waals surface area contributed by atoms with Gasteiger partial charge in [0.1, 0.15) is 0 Å². The Kier molecular flexibility index (Phi) is 5.82. The molecule has 0 aliphatic rings. The predicted octanol–water partition coefficient (Wildman–Crippen LogP) is 5.59. The van der Waals surface area contributed by atoms with E-state index in [1.54, 1.807) is 0 Å². The molecule has 0 amide bonds. The van der Waals surface area contributed by atoms with Crippen LogP contribution >= 0.6 is 0 Å². The van der Waals surface area contributed by atoms with Crippen molar-refractivity contribution in [3.05, 3.63) is 71.8 Å². The van der Waals surface area contributed by atoms with E-state index in [1.807, 2.05) is 12.1 Å². The molecule has 120 valence electrons. The fourth-order valence-electron chi connectivity index (χ4n) is 2.57. The summed E-state index contributed by atoms with van der Waals surface area (Å²) in [5, 5.41) is 0. The molecule has 2 aromatic carbocycles. The van der Waals surface area contributed by atoms with E-state index in [9.17, 15) is 0 Å². The highest BCUT2D eigenvalue weighted by molar-refractivity contribution is 6.69. The Morgan fingerprint density at radius 3 is 1.74 bits per heavy atom. The Bertz CT molecular complexity index is 620. The second-order valence-corrected chi connectivity index (χ2v) is 11.1. The fourth-order valence-corrected chi connectivity index (χ4v) is 3.78. The molecule has 0 fully saturated rings. The van der Waals surface area contributed by atoms with Gasteiger partial charge in [-0.05, 0) is 37.2 Å². The molecule has 0 aliphatic heterocycles.